The molecule has 6 rings (SSSR count). The lowest BCUT2D eigenvalue weighted by Gasteiger charge is -2.26. The first kappa shape index (κ1) is 18.3. The molecule has 0 fully saturated rings. The highest BCUT2D eigenvalue weighted by Gasteiger charge is 2.38. The Balaban J connectivity index is 1.72. The molecular weight excluding hydrogens is 412 g/mol. The Labute approximate surface area is 181 Å². The molecule has 1 unspecified atom stereocenters. The van der Waals surface area contributed by atoms with Gasteiger partial charge in [-0.25, -0.2) is 19.3 Å². The highest BCUT2D eigenvalue weighted by molar-refractivity contribution is 7.08. The van der Waals surface area contributed by atoms with Gasteiger partial charge in [-0.2, -0.15) is 11.3 Å². The molecular formula is C23H18N4O3S. The lowest BCUT2D eigenvalue weighted by Crippen LogP contribution is -2.22. The predicted molar refractivity (Wildman–Crippen MR) is 117 cm³/mol. The highest BCUT2D eigenvalue weighted by atomic mass is 32.1. The van der Waals surface area contributed by atoms with Crippen LogP contribution in [0, 0.1) is 0 Å². The molecule has 0 aliphatic carbocycles. The monoisotopic (exact) mass is 430 g/mol. The second kappa shape index (κ2) is 6.24. The summed E-state index contributed by atoms with van der Waals surface area (Å²) in [5.41, 5.74) is 2.60. The Bertz CT molecular complexity index is 1530. The van der Waals surface area contributed by atoms with Crippen LogP contribution in [0.15, 0.2) is 56.6 Å². The predicted octanol–water partition coefficient (Wildman–Crippen LogP) is 4.88. The van der Waals surface area contributed by atoms with Crippen LogP contribution in [0.2, 0.25) is 0 Å². The summed E-state index contributed by atoms with van der Waals surface area (Å²) in [5.74, 6) is 1.20. The summed E-state index contributed by atoms with van der Waals surface area (Å²) in [6.07, 6.45) is 1.61. The first-order valence-corrected chi connectivity index (χ1v) is 10.9. The molecule has 0 amide bonds. The van der Waals surface area contributed by atoms with E-state index in [1.165, 1.54) is 0 Å². The fraction of sp³-hybridized carbons (Fsp3) is 0.217. The van der Waals surface area contributed by atoms with Gasteiger partial charge in [0.05, 0.1) is 22.4 Å². The van der Waals surface area contributed by atoms with Crippen molar-refractivity contribution >= 4 is 28.0 Å². The molecule has 1 aliphatic heterocycles. The van der Waals surface area contributed by atoms with Crippen LogP contribution >= 0.6 is 11.3 Å². The summed E-state index contributed by atoms with van der Waals surface area (Å²) >= 11 is 1.57. The molecule has 8 heteroatoms. The van der Waals surface area contributed by atoms with Crippen molar-refractivity contribution in [3.05, 3.63) is 80.4 Å². The number of nitrogens with zero attached hydrogens (tertiary/aromatic N) is 4. The van der Waals surface area contributed by atoms with Gasteiger partial charge in [0.2, 0.25) is 5.88 Å². The van der Waals surface area contributed by atoms with Crippen LogP contribution in [0.1, 0.15) is 49.2 Å². The van der Waals surface area contributed by atoms with E-state index >= 15 is 0 Å². The van der Waals surface area contributed by atoms with Gasteiger partial charge in [0, 0.05) is 5.41 Å². The van der Waals surface area contributed by atoms with E-state index in [4.69, 9.17) is 14.1 Å². The molecule has 154 valence electrons. The Morgan fingerprint density at radius 2 is 1.97 bits per heavy atom. The number of hydrogen-bond donors (Lipinski definition) is 0. The van der Waals surface area contributed by atoms with E-state index < -0.39 is 11.5 Å². The lowest BCUT2D eigenvalue weighted by atomic mass is 9.85. The van der Waals surface area contributed by atoms with E-state index in [0.717, 1.165) is 16.5 Å². The van der Waals surface area contributed by atoms with E-state index in [0.29, 0.717) is 34.2 Å². The Kier molecular flexibility index (Phi) is 3.68. The standard InChI is InChI=1S/C23H18N4O3S/c1-23(2,3)22-25-19-17-15(12-8-9-31-10-12)16-18(30-20(17)24-11-27(19)26-22)13-6-4-5-7-14(13)29-21(16)28/h4-11,15H,1-3H3. The molecule has 7 nitrogen and oxygen atoms in total. The fourth-order valence-electron chi connectivity index (χ4n) is 4.02. The van der Waals surface area contributed by atoms with Crippen molar-refractivity contribution in [2.24, 2.45) is 0 Å². The molecule has 1 aromatic carbocycles. The van der Waals surface area contributed by atoms with E-state index in [2.05, 4.69) is 30.9 Å². The molecule has 0 spiro atoms. The van der Waals surface area contributed by atoms with Crippen LogP contribution in [-0.2, 0) is 5.41 Å². The lowest BCUT2D eigenvalue weighted by molar-refractivity contribution is 0.422. The van der Waals surface area contributed by atoms with Gasteiger partial charge in [0.25, 0.3) is 0 Å². The first-order chi connectivity index (χ1) is 14.9. The highest BCUT2D eigenvalue weighted by Crippen LogP contribution is 2.49. The third kappa shape index (κ3) is 2.64. The second-order valence-electron chi connectivity index (χ2n) is 8.64. The van der Waals surface area contributed by atoms with Gasteiger partial charge in [0.1, 0.15) is 11.9 Å². The Hall–Kier alpha value is -3.52. The SMILES string of the molecule is CC(C)(C)c1nc2c3c(ncn2n1)Oc1c(c(=O)oc2ccccc12)C3c1ccsc1. The van der Waals surface area contributed by atoms with Crippen LogP contribution in [0.4, 0.5) is 0 Å². The molecule has 5 heterocycles. The molecule has 5 aromatic rings. The van der Waals surface area contributed by atoms with Crippen molar-refractivity contribution in [1.29, 1.82) is 0 Å². The maximum atomic E-state index is 13.2. The number of rotatable bonds is 1. The van der Waals surface area contributed by atoms with Gasteiger partial charge in [0.15, 0.2) is 17.2 Å². The average Bonchev–Trinajstić information content (AvgIpc) is 3.42. The molecule has 31 heavy (non-hydrogen) atoms. The fourth-order valence-corrected chi connectivity index (χ4v) is 4.71. The minimum absolute atomic E-state index is 0.237. The third-order valence-electron chi connectivity index (χ3n) is 5.51. The molecule has 0 N–H and O–H groups in total. The van der Waals surface area contributed by atoms with Gasteiger partial charge >= 0.3 is 5.63 Å². The zero-order valence-corrected chi connectivity index (χ0v) is 17.9. The molecule has 0 saturated carbocycles. The molecule has 1 aliphatic rings. The van der Waals surface area contributed by atoms with Crippen molar-refractivity contribution in [3.63, 3.8) is 0 Å². The smallest absolute Gasteiger partial charge is 0.344 e. The van der Waals surface area contributed by atoms with Crippen molar-refractivity contribution < 1.29 is 9.15 Å². The Morgan fingerprint density at radius 3 is 2.74 bits per heavy atom. The molecule has 0 radical (unpaired) electrons. The normalized spacial score (nSPS) is 15.6. The zero-order chi connectivity index (χ0) is 21.3. The van der Waals surface area contributed by atoms with Crippen LogP contribution in [0.5, 0.6) is 11.6 Å². The molecule has 0 bridgehead atoms. The summed E-state index contributed by atoms with van der Waals surface area (Å²) in [5, 5.41) is 9.38. The van der Waals surface area contributed by atoms with Crippen molar-refractivity contribution in [2.45, 2.75) is 32.1 Å². The van der Waals surface area contributed by atoms with E-state index in [-0.39, 0.29) is 5.41 Å². The number of thiophene rings is 1. The van der Waals surface area contributed by atoms with Gasteiger partial charge in [-0.1, -0.05) is 32.9 Å². The van der Waals surface area contributed by atoms with Crippen LogP contribution in [0.25, 0.3) is 16.6 Å². The summed E-state index contributed by atoms with van der Waals surface area (Å²) in [6, 6.07) is 9.39. The third-order valence-corrected chi connectivity index (χ3v) is 6.21. The number of aromatic nitrogens is 4. The number of ether oxygens (including phenoxy) is 1. The second-order valence-corrected chi connectivity index (χ2v) is 9.42. The van der Waals surface area contributed by atoms with Crippen molar-refractivity contribution in [2.75, 3.05) is 0 Å². The largest absolute Gasteiger partial charge is 0.437 e. The maximum absolute atomic E-state index is 13.2. The molecule has 4 aromatic heterocycles. The van der Waals surface area contributed by atoms with E-state index in [9.17, 15) is 4.79 Å². The van der Waals surface area contributed by atoms with Crippen LogP contribution in [-0.4, -0.2) is 19.6 Å². The van der Waals surface area contributed by atoms with Gasteiger partial charge in [-0.3, -0.25) is 0 Å². The number of benzene rings is 1. The van der Waals surface area contributed by atoms with Crippen molar-refractivity contribution in [3.8, 4) is 11.6 Å². The topological polar surface area (TPSA) is 82.5 Å². The van der Waals surface area contributed by atoms with Crippen LogP contribution in [0.3, 0.4) is 0 Å². The molecule has 0 saturated heterocycles. The molecule has 1 atom stereocenters. The van der Waals surface area contributed by atoms with Gasteiger partial charge < -0.3 is 9.15 Å². The first-order valence-electron chi connectivity index (χ1n) is 9.93. The number of hydrogen-bond acceptors (Lipinski definition) is 7. The minimum atomic E-state index is -0.423. The van der Waals surface area contributed by atoms with E-state index in [1.807, 2.05) is 35.0 Å². The van der Waals surface area contributed by atoms with E-state index in [1.54, 1.807) is 28.2 Å². The number of fused-ring (bicyclic) bond motifs is 6. The van der Waals surface area contributed by atoms with Crippen LogP contribution < -0.4 is 10.4 Å². The maximum Gasteiger partial charge on any atom is 0.344 e. The quantitative estimate of drug-likeness (QED) is 0.346. The minimum Gasteiger partial charge on any atom is -0.437 e. The zero-order valence-electron chi connectivity index (χ0n) is 17.1. The Morgan fingerprint density at radius 1 is 1.13 bits per heavy atom. The summed E-state index contributed by atoms with van der Waals surface area (Å²) in [6.45, 7) is 6.18. The average molecular weight is 430 g/mol. The summed E-state index contributed by atoms with van der Waals surface area (Å²) in [4.78, 5) is 22.6. The number of para-hydroxylation sites is 1. The summed E-state index contributed by atoms with van der Waals surface area (Å²) < 4.78 is 13.6. The van der Waals surface area contributed by atoms with Gasteiger partial charge in [-0.15, -0.1) is 5.10 Å². The van der Waals surface area contributed by atoms with Gasteiger partial charge in [-0.05, 0) is 34.5 Å². The van der Waals surface area contributed by atoms with Crippen molar-refractivity contribution in [1.82, 2.24) is 19.6 Å². The summed E-state index contributed by atoms with van der Waals surface area (Å²) in [7, 11) is 0.